The van der Waals surface area contributed by atoms with Gasteiger partial charge in [0.15, 0.2) is 0 Å². The Labute approximate surface area is 94.8 Å². The van der Waals surface area contributed by atoms with Crippen LogP contribution in [0.2, 0.25) is 0 Å². The molecule has 90 valence electrons. The van der Waals surface area contributed by atoms with Gasteiger partial charge in [-0.25, -0.2) is 0 Å². The fourth-order valence-corrected chi connectivity index (χ4v) is 2.39. The molecule has 0 bridgehead atoms. The van der Waals surface area contributed by atoms with Gasteiger partial charge in [-0.1, -0.05) is 32.6 Å². The largest absolute Gasteiger partial charge is 0.385 e. The van der Waals surface area contributed by atoms with E-state index in [-0.39, 0.29) is 0 Å². The first kappa shape index (κ1) is 13.0. The standard InChI is InChI=1S/C13H27NO/c1-12-4-6-13(7-5-12)8-10-14-9-3-11-15-2/h12-14H,3-11H2,1-2H3. The van der Waals surface area contributed by atoms with Crippen LogP contribution in [-0.4, -0.2) is 26.8 Å². The molecule has 0 aliphatic heterocycles. The van der Waals surface area contributed by atoms with Crippen molar-refractivity contribution in [2.45, 2.75) is 45.4 Å². The molecule has 1 aliphatic rings. The van der Waals surface area contributed by atoms with Crippen LogP contribution in [-0.2, 0) is 4.74 Å². The molecule has 0 amide bonds. The molecule has 2 heteroatoms. The Morgan fingerprint density at radius 3 is 2.53 bits per heavy atom. The third kappa shape index (κ3) is 6.16. The van der Waals surface area contributed by atoms with E-state index in [0.717, 1.165) is 31.4 Å². The molecule has 0 aromatic heterocycles. The topological polar surface area (TPSA) is 21.3 Å². The molecule has 2 nitrogen and oxygen atoms in total. The molecule has 1 saturated carbocycles. The van der Waals surface area contributed by atoms with Gasteiger partial charge in [0.1, 0.15) is 0 Å². The summed E-state index contributed by atoms with van der Waals surface area (Å²) in [5, 5.41) is 3.50. The molecule has 1 aliphatic carbocycles. The lowest BCUT2D eigenvalue weighted by Crippen LogP contribution is -2.22. The first-order valence-corrected chi connectivity index (χ1v) is 6.52. The molecular weight excluding hydrogens is 186 g/mol. The van der Waals surface area contributed by atoms with E-state index in [2.05, 4.69) is 12.2 Å². The zero-order valence-electron chi connectivity index (χ0n) is 10.4. The van der Waals surface area contributed by atoms with Crippen molar-refractivity contribution in [1.29, 1.82) is 0 Å². The van der Waals surface area contributed by atoms with Crippen LogP contribution in [0.25, 0.3) is 0 Å². The number of methoxy groups -OCH3 is 1. The van der Waals surface area contributed by atoms with E-state index >= 15 is 0 Å². The van der Waals surface area contributed by atoms with Crippen LogP contribution in [0.5, 0.6) is 0 Å². The minimum atomic E-state index is 0.883. The van der Waals surface area contributed by atoms with E-state index < -0.39 is 0 Å². The Hall–Kier alpha value is -0.0800. The molecule has 1 N–H and O–H groups in total. The second kappa shape index (κ2) is 8.12. The average molecular weight is 213 g/mol. The summed E-state index contributed by atoms with van der Waals surface area (Å²) in [6.07, 6.45) is 8.34. The summed E-state index contributed by atoms with van der Waals surface area (Å²) in [4.78, 5) is 0. The second-order valence-electron chi connectivity index (χ2n) is 5.01. The minimum Gasteiger partial charge on any atom is -0.385 e. The highest BCUT2D eigenvalue weighted by Gasteiger charge is 2.17. The van der Waals surface area contributed by atoms with E-state index in [4.69, 9.17) is 4.74 Å². The van der Waals surface area contributed by atoms with Gasteiger partial charge >= 0.3 is 0 Å². The van der Waals surface area contributed by atoms with Crippen LogP contribution in [0.3, 0.4) is 0 Å². The van der Waals surface area contributed by atoms with E-state index in [0.29, 0.717) is 0 Å². The molecule has 0 unspecified atom stereocenters. The summed E-state index contributed by atoms with van der Waals surface area (Å²) >= 11 is 0. The van der Waals surface area contributed by atoms with Gasteiger partial charge in [0.2, 0.25) is 0 Å². The van der Waals surface area contributed by atoms with Gasteiger partial charge in [-0.15, -0.1) is 0 Å². The lowest BCUT2D eigenvalue weighted by atomic mass is 9.81. The monoisotopic (exact) mass is 213 g/mol. The normalized spacial score (nSPS) is 26.8. The van der Waals surface area contributed by atoms with E-state index in [1.807, 2.05) is 0 Å². The zero-order chi connectivity index (χ0) is 10.9. The molecule has 0 saturated heterocycles. The maximum atomic E-state index is 5.01. The Bertz CT molecular complexity index is 141. The van der Waals surface area contributed by atoms with Crippen molar-refractivity contribution in [2.24, 2.45) is 11.8 Å². The van der Waals surface area contributed by atoms with Crippen molar-refractivity contribution in [3.63, 3.8) is 0 Å². The molecule has 1 fully saturated rings. The minimum absolute atomic E-state index is 0.883. The molecular formula is C13H27NO. The smallest absolute Gasteiger partial charge is 0.0474 e. The van der Waals surface area contributed by atoms with E-state index in [1.165, 1.54) is 38.6 Å². The van der Waals surface area contributed by atoms with Crippen LogP contribution in [0.4, 0.5) is 0 Å². The van der Waals surface area contributed by atoms with Crippen molar-refractivity contribution >= 4 is 0 Å². The molecule has 0 aromatic carbocycles. The predicted octanol–water partition coefficient (Wildman–Crippen LogP) is 2.83. The van der Waals surface area contributed by atoms with Gasteiger partial charge < -0.3 is 10.1 Å². The van der Waals surface area contributed by atoms with Crippen molar-refractivity contribution in [1.82, 2.24) is 5.32 Å². The van der Waals surface area contributed by atoms with Gasteiger partial charge in [-0.3, -0.25) is 0 Å². The zero-order valence-corrected chi connectivity index (χ0v) is 10.4. The van der Waals surface area contributed by atoms with Crippen molar-refractivity contribution in [3.8, 4) is 0 Å². The lowest BCUT2D eigenvalue weighted by Gasteiger charge is -2.26. The van der Waals surface area contributed by atoms with Crippen LogP contribution in [0, 0.1) is 11.8 Å². The maximum Gasteiger partial charge on any atom is 0.0474 e. The summed E-state index contributed by atoms with van der Waals surface area (Å²) in [5.41, 5.74) is 0. The van der Waals surface area contributed by atoms with Crippen LogP contribution < -0.4 is 5.32 Å². The van der Waals surface area contributed by atoms with Crippen LogP contribution in [0.1, 0.15) is 45.4 Å². The highest BCUT2D eigenvalue weighted by molar-refractivity contribution is 4.70. The number of rotatable bonds is 7. The highest BCUT2D eigenvalue weighted by Crippen LogP contribution is 2.29. The molecule has 0 aromatic rings. The van der Waals surface area contributed by atoms with Crippen LogP contribution in [0.15, 0.2) is 0 Å². The SMILES string of the molecule is COCCCNCCC1CCC(C)CC1. The predicted molar refractivity (Wildman–Crippen MR) is 65.1 cm³/mol. The highest BCUT2D eigenvalue weighted by atomic mass is 16.5. The average Bonchev–Trinajstić information content (AvgIpc) is 2.26. The summed E-state index contributed by atoms with van der Waals surface area (Å²) in [6, 6.07) is 0. The van der Waals surface area contributed by atoms with Gasteiger partial charge in [-0.05, 0) is 37.8 Å². The summed E-state index contributed by atoms with van der Waals surface area (Å²) in [7, 11) is 1.77. The Morgan fingerprint density at radius 2 is 1.87 bits per heavy atom. The van der Waals surface area contributed by atoms with Gasteiger partial charge in [0.05, 0.1) is 0 Å². The van der Waals surface area contributed by atoms with Crippen molar-refractivity contribution in [3.05, 3.63) is 0 Å². The Morgan fingerprint density at radius 1 is 1.13 bits per heavy atom. The Balaban J connectivity index is 1.87. The van der Waals surface area contributed by atoms with Crippen molar-refractivity contribution in [2.75, 3.05) is 26.8 Å². The summed E-state index contributed by atoms with van der Waals surface area (Å²) in [5.74, 6) is 1.98. The molecule has 15 heavy (non-hydrogen) atoms. The van der Waals surface area contributed by atoms with Crippen LogP contribution >= 0.6 is 0 Å². The van der Waals surface area contributed by atoms with E-state index in [9.17, 15) is 0 Å². The quantitative estimate of drug-likeness (QED) is 0.657. The van der Waals surface area contributed by atoms with Gasteiger partial charge in [0, 0.05) is 13.7 Å². The fourth-order valence-electron chi connectivity index (χ4n) is 2.39. The maximum absolute atomic E-state index is 5.01. The number of hydrogen-bond acceptors (Lipinski definition) is 2. The molecule has 0 radical (unpaired) electrons. The molecule has 0 atom stereocenters. The third-order valence-electron chi connectivity index (χ3n) is 3.57. The second-order valence-corrected chi connectivity index (χ2v) is 5.01. The first-order valence-electron chi connectivity index (χ1n) is 6.52. The molecule has 0 heterocycles. The number of hydrogen-bond donors (Lipinski definition) is 1. The lowest BCUT2D eigenvalue weighted by molar-refractivity contribution is 0.193. The van der Waals surface area contributed by atoms with Crippen molar-refractivity contribution < 1.29 is 4.74 Å². The van der Waals surface area contributed by atoms with E-state index in [1.54, 1.807) is 7.11 Å². The molecule has 0 spiro atoms. The fraction of sp³-hybridized carbons (Fsp3) is 1.00. The van der Waals surface area contributed by atoms with Gasteiger partial charge in [-0.2, -0.15) is 0 Å². The summed E-state index contributed by atoms with van der Waals surface area (Å²) < 4.78 is 5.01. The summed E-state index contributed by atoms with van der Waals surface area (Å²) in [6.45, 7) is 5.58. The number of ether oxygens (including phenoxy) is 1. The Kier molecular flexibility index (Phi) is 7.03. The first-order chi connectivity index (χ1) is 7.33. The number of nitrogens with one attached hydrogen (secondary N) is 1. The van der Waals surface area contributed by atoms with Gasteiger partial charge in [0.25, 0.3) is 0 Å². The third-order valence-corrected chi connectivity index (χ3v) is 3.57. The molecule has 1 rings (SSSR count).